The van der Waals surface area contributed by atoms with E-state index >= 15 is 0 Å². The van der Waals surface area contributed by atoms with Gasteiger partial charge in [0.1, 0.15) is 17.6 Å². The maximum atomic E-state index is 13.6. The number of aromatic hydroxyl groups is 1. The predicted octanol–water partition coefficient (Wildman–Crippen LogP) is 1.17. The Morgan fingerprint density at radius 1 is 1.42 bits per heavy atom. The summed E-state index contributed by atoms with van der Waals surface area (Å²) in [5.74, 6) is -1.98. The third kappa shape index (κ3) is 2.81. The molecule has 0 bridgehead atoms. The number of carbonyl (C=O) groups is 2. The maximum Gasteiger partial charge on any atom is 0.327 e. The number of hydrogen-bond donors (Lipinski definition) is 2. The van der Waals surface area contributed by atoms with Gasteiger partial charge in [-0.1, -0.05) is 0 Å². The smallest absolute Gasteiger partial charge is 0.327 e. The van der Waals surface area contributed by atoms with Crippen molar-refractivity contribution in [2.75, 3.05) is 18.1 Å². The molecule has 19 heavy (non-hydrogen) atoms. The van der Waals surface area contributed by atoms with Crippen molar-refractivity contribution in [2.24, 2.45) is 0 Å². The molecule has 1 aliphatic rings. The molecule has 102 valence electrons. The van der Waals surface area contributed by atoms with Crippen LogP contribution in [0.3, 0.4) is 0 Å². The molecule has 1 unspecified atom stereocenters. The number of rotatable bonds is 2. The number of nitrogens with zero attached hydrogens (tertiary/aromatic N) is 1. The molecule has 1 saturated heterocycles. The van der Waals surface area contributed by atoms with Gasteiger partial charge in [0.05, 0.1) is 5.56 Å². The van der Waals surface area contributed by atoms with Crippen molar-refractivity contribution in [2.45, 2.75) is 6.04 Å². The third-order valence-electron chi connectivity index (χ3n) is 2.86. The molecule has 0 spiro atoms. The van der Waals surface area contributed by atoms with E-state index in [0.29, 0.717) is 11.5 Å². The van der Waals surface area contributed by atoms with Crippen LogP contribution in [0.5, 0.6) is 5.75 Å². The van der Waals surface area contributed by atoms with Crippen molar-refractivity contribution in [3.05, 3.63) is 29.6 Å². The van der Waals surface area contributed by atoms with E-state index in [-0.39, 0.29) is 17.9 Å². The van der Waals surface area contributed by atoms with E-state index in [1.807, 2.05) is 0 Å². The van der Waals surface area contributed by atoms with Gasteiger partial charge in [0.2, 0.25) is 0 Å². The minimum absolute atomic E-state index is 0.226. The second-order valence-corrected chi connectivity index (χ2v) is 5.24. The van der Waals surface area contributed by atoms with Crippen LogP contribution in [0.25, 0.3) is 0 Å². The molecule has 2 N–H and O–H groups in total. The van der Waals surface area contributed by atoms with Gasteiger partial charge in [-0.05, 0) is 12.1 Å². The van der Waals surface area contributed by atoms with Gasteiger partial charge < -0.3 is 15.1 Å². The molecular weight excluding hydrogens is 273 g/mol. The molecule has 0 aromatic heterocycles. The minimum atomic E-state index is -1.10. The lowest BCUT2D eigenvalue weighted by Gasteiger charge is -2.32. The maximum absolute atomic E-state index is 13.6. The summed E-state index contributed by atoms with van der Waals surface area (Å²) in [6.07, 6.45) is 0. The lowest BCUT2D eigenvalue weighted by Crippen LogP contribution is -2.50. The number of hydrogen-bond acceptors (Lipinski definition) is 4. The van der Waals surface area contributed by atoms with Crippen molar-refractivity contribution in [1.29, 1.82) is 0 Å². The van der Waals surface area contributed by atoms with Gasteiger partial charge >= 0.3 is 5.97 Å². The van der Waals surface area contributed by atoms with Gasteiger partial charge in [-0.3, -0.25) is 4.79 Å². The zero-order valence-electron chi connectivity index (χ0n) is 9.88. The number of carboxylic acid groups (broad SMARTS) is 1. The molecule has 1 aromatic carbocycles. The number of phenols is 1. The Balaban J connectivity index is 2.28. The zero-order chi connectivity index (χ0) is 14.0. The van der Waals surface area contributed by atoms with Crippen LogP contribution in [-0.4, -0.2) is 51.1 Å². The average Bonchev–Trinajstić information content (AvgIpc) is 2.38. The summed E-state index contributed by atoms with van der Waals surface area (Å²) < 4.78 is 13.6. The van der Waals surface area contributed by atoms with Crippen LogP contribution in [0, 0.1) is 5.82 Å². The fourth-order valence-electron chi connectivity index (χ4n) is 1.88. The molecule has 1 aromatic rings. The lowest BCUT2D eigenvalue weighted by atomic mass is 10.1. The van der Waals surface area contributed by atoms with Gasteiger partial charge in [-0.2, -0.15) is 11.8 Å². The number of aliphatic carboxylic acids is 1. The van der Waals surface area contributed by atoms with Gasteiger partial charge in [-0.15, -0.1) is 0 Å². The second kappa shape index (κ2) is 5.48. The number of benzene rings is 1. The Hall–Kier alpha value is -1.76. The molecule has 2 rings (SSSR count). The molecular formula is C12H12FNO4S. The largest absolute Gasteiger partial charge is 0.508 e. The summed E-state index contributed by atoms with van der Waals surface area (Å²) in [4.78, 5) is 24.4. The van der Waals surface area contributed by atoms with Crippen molar-refractivity contribution in [3.63, 3.8) is 0 Å². The summed E-state index contributed by atoms with van der Waals surface area (Å²) in [5, 5.41) is 18.2. The van der Waals surface area contributed by atoms with E-state index < -0.39 is 23.7 Å². The van der Waals surface area contributed by atoms with Crippen molar-refractivity contribution < 1.29 is 24.2 Å². The summed E-state index contributed by atoms with van der Waals surface area (Å²) in [6.45, 7) is 0.265. The molecule has 1 amide bonds. The quantitative estimate of drug-likeness (QED) is 0.853. The fraction of sp³-hybridized carbons (Fsp3) is 0.333. The van der Waals surface area contributed by atoms with Crippen LogP contribution in [-0.2, 0) is 4.79 Å². The van der Waals surface area contributed by atoms with Crippen LogP contribution in [0.15, 0.2) is 18.2 Å². The number of thioether (sulfide) groups is 1. The summed E-state index contributed by atoms with van der Waals surface area (Å²) >= 11 is 1.45. The van der Waals surface area contributed by atoms with E-state index in [2.05, 4.69) is 0 Å². The van der Waals surface area contributed by atoms with Gasteiger partial charge in [0.15, 0.2) is 0 Å². The molecule has 1 fully saturated rings. The highest BCUT2D eigenvalue weighted by molar-refractivity contribution is 7.99. The number of halogens is 1. The monoisotopic (exact) mass is 285 g/mol. The van der Waals surface area contributed by atoms with Crippen LogP contribution in [0.1, 0.15) is 10.4 Å². The van der Waals surface area contributed by atoms with E-state index in [0.717, 1.165) is 17.0 Å². The Kier molecular flexibility index (Phi) is 3.94. The van der Waals surface area contributed by atoms with Crippen molar-refractivity contribution >= 4 is 23.6 Å². The molecule has 7 heteroatoms. The van der Waals surface area contributed by atoms with Gasteiger partial charge in [-0.25, -0.2) is 9.18 Å². The highest BCUT2D eigenvalue weighted by atomic mass is 32.2. The molecule has 5 nitrogen and oxygen atoms in total. The van der Waals surface area contributed by atoms with E-state index in [1.165, 1.54) is 17.8 Å². The molecule has 0 saturated carbocycles. The molecule has 1 heterocycles. The minimum Gasteiger partial charge on any atom is -0.508 e. The van der Waals surface area contributed by atoms with Crippen LogP contribution in [0.2, 0.25) is 0 Å². The average molecular weight is 285 g/mol. The van der Waals surface area contributed by atoms with Crippen molar-refractivity contribution in [1.82, 2.24) is 4.90 Å². The van der Waals surface area contributed by atoms with Crippen LogP contribution in [0.4, 0.5) is 4.39 Å². The first-order valence-electron chi connectivity index (χ1n) is 5.60. The summed E-state index contributed by atoms with van der Waals surface area (Å²) in [6, 6.07) is 2.25. The standard InChI is InChI=1S/C12H12FNO4S/c13-9-5-7(15)1-2-8(9)11(16)14-3-4-19-6-10(14)12(17)18/h1-2,5,10,15H,3-4,6H2,(H,17,18). The van der Waals surface area contributed by atoms with E-state index in [1.54, 1.807) is 0 Å². The Bertz CT molecular complexity index is 522. The first kappa shape index (κ1) is 13.7. The fourth-order valence-corrected chi connectivity index (χ4v) is 2.92. The SMILES string of the molecule is O=C(O)C1CSCCN1C(=O)c1ccc(O)cc1F. The Labute approximate surface area is 113 Å². The number of amides is 1. The number of phenolic OH excluding ortho intramolecular Hbond substituents is 1. The third-order valence-corrected chi connectivity index (χ3v) is 3.88. The number of carbonyl (C=O) groups excluding carboxylic acids is 1. The lowest BCUT2D eigenvalue weighted by molar-refractivity contribution is -0.141. The molecule has 0 radical (unpaired) electrons. The first-order valence-corrected chi connectivity index (χ1v) is 6.76. The van der Waals surface area contributed by atoms with Crippen LogP contribution >= 0.6 is 11.8 Å². The van der Waals surface area contributed by atoms with Gasteiger partial charge in [0.25, 0.3) is 5.91 Å². The first-order chi connectivity index (χ1) is 9.00. The van der Waals surface area contributed by atoms with E-state index in [4.69, 9.17) is 10.2 Å². The van der Waals surface area contributed by atoms with Crippen molar-refractivity contribution in [3.8, 4) is 5.75 Å². The predicted molar refractivity (Wildman–Crippen MR) is 67.9 cm³/mol. The normalized spacial score (nSPS) is 19.2. The summed E-state index contributed by atoms with van der Waals surface area (Å²) in [7, 11) is 0. The molecule has 0 aliphatic carbocycles. The second-order valence-electron chi connectivity index (χ2n) is 4.09. The summed E-state index contributed by atoms with van der Waals surface area (Å²) in [5.41, 5.74) is -0.226. The topological polar surface area (TPSA) is 77.8 Å². The zero-order valence-corrected chi connectivity index (χ0v) is 10.7. The van der Waals surface area contributed by atoms with E-state index in [9.17, 15) is 14.0 Å². The highest BCUT2D eigenvalue weighted by Gasteiger charge is 2.33. The Morgan fingerprint density at radius 2 is 2.16 bits per heavy atom. The number of carboxylic acids is 1. The Morgan fingerprint density at radius 3 is 2.79 bits per heavy atom. The van der Waals surface area contributed by atoms with Crippen LogP contribution < -0.4 is 0 Å². The molecule has 1 aliphatic heterocycles. The highest BCUT2D eigenvalue weighted by Crippen LogP contribution is 2.22. The van der Waals surface area contributed by atoms with Gasteiger partial charge in [0, 0.05) is 24.1 Å². The molecule has 1 atom stereocenters.